The SMILES string of the molecule is CC(C)CN(CCSc1ccccc1)CC(N)=O. The molecular weight excluding hydrogens is 244 g/mol. The number of hydrogen-bond donors (Lipinski definition) is 1. The van der Waals surface area contributed by atoms with E-state index in [2.05, 4.69) is 30.9 Å². The fourth-order valence-electron chi connectivity index (χ4n) is 1.78. The second kappa shape index (κ2) is 8.16. The zero-order valence-electron chi connectivity index (χ0n) is 11.1. The van der Waals surface area contributed by atoms with Crippen LogP contribution >= 0.6 is 11.8 Å². The van der Waals surface area contributed by atoms with E-state index in [1.165, 1.54) is 4.90 Å². The first-order valence-corrected chi connectivity index (χ1v) is 7.25. The smallest absolute Gasteiger partial charge is 0.231 e. The van der Waals surface area contributed by atoms with E-state index in [0.717, 1.165) is 18.8 Å². The summed E-state index contributed by atoms with van der Waals surface area (Å²) in [5.41, 5.74) is 5.26. The lowest BCUT2D eigenvalue weighted by molar-refractivity contribution is -0.119. The number of amides is 1. The van der Waals surface area contributed by atoms with E-state index < -0.39 is 0 Å². The maximum atomic E-state index is 11.0. The predicted molar refractivity (Wildman–Crippen MR) is 77.6 cm³/mol. The van der Waals surface area contributed by atoms with E-state index in [0.29, 0.717) is 12.5 Å². The standard InChI is InChI=1S/C14H22N2OS/c1-12(2)10-16(11-14(15)17)8-9-18-13-6-4-3-5-7-13/h3-7,12H,8-11H2,1-2H3,(H2,15,17). The van der Waals surface area contributed by atoms with Crippen molar-refractivity contribution in [2.75, 3.05) is 25.4 Å². The highest BCUT2D eigenvalue weighted by Crippen LogP contribution is 2.16. The predicted octanol–water partition coefficient (Wildman–Crippen LogP) is 2.22. The summed E-state index contributed by atoms with van der Waals surface area (Å²) in [6, 6.07) is 10.3. The van der Waals surface area contributed by atoms with Gasteiger partial charge in [0.05, 0.1) is 6.54 Å². The highest BCUT2D eigenvalue weighted by molar-refractivity contribution is 7.99. The molecule has 0 aliphatic carbocycles. The van der Waals surface area contributed by atoms with Gasteiger partial charge < -0.3 is 5.73 Å². The molecule has 0 aliphatic heterocycles. The molecule has 0 saturated carbocycles. The van der Waals surface area contributed by atoms with E-state index in [1.807, 2.05) is 30.0 Å². The Hall–Kier alpha value is -1.00. The van der Waals surface area contributed by atoms with Gasteiger partial charge >= 0.3 is 0 Å². The molecule has 0 aliphatic rings. The first-order valence-electron chi connectivity index (χ1n) is 6.26. The summed E-state index contributed by atoms with van der Waals surface area (Å²) >= 11 is 1.81. The Morgan fingerprint density at radius 3 is 2.56 bits per heavy atom. The Morgan fingerprint density at radius 1 is 1.33 bits per heavy atom. The minimum atomic E-state index is -0.250. The van der Waals surface area contributed by atoms with Crippen molar-refractivity contribution in [3.63, 3.8) is 0 Å². The Balaban J connectivity index is 2.34. The highest BCUT2D eigenvalue weighted by Gasteiger charge is 2.09. The third-order valence-corrected chi connectivity index (χ3v) is 3.41. The van der Waals surface area contributed by atoms with Crippen LogP contribution in [0.15, 0.2) is 35.2 Å². The highest BCUT2D eigenvalue weighted by atomic mass is 32.2. The number of benzene rings is 1. The molecule has 2 N–H and O–H groups in total. The molecule has 1 aromatic carbocycles. The van der Waals surface area contributed by atoms with Crippen molar-refractivity contribution in [1.82, 2.24) is 4.90 Å². The molecule has 1 aromatic rings. The number of nitrogens with zero attached hydrogens (tertiary/aromatic N) is 1. The maximum absolute atomic E-state index is 11.0. The van der Waals surface area contributed by atoms with Crippen LogP contribution in [0.4, 0.5) is 0 Å². The van der Waals surface area contributed by atoms with E-state index in [9.17, 15) is 4.79 Å². The zero-order valence-corrected chi connectivity index (χ0v) is 12.0. The Kier molecular flexibility index (Phi) is 6.83. The normalized spacial score (nSPS) is 11.1. The van der Waals surface area contributed by atoms with E-state index in [1.54, 1.807) is 0 Å². The number of rotatable bonds is 8. The molecule has 0 radical (unpaired) electrons. The number of hydrogen-bond acceptors (Lipinski definition) is 3. The lowest BCUT2D eigenvalue weighted by Gasteiger charge is -2.22. The van der Waals surface area contributed by atoms with Gasteiger partial charge in [0.1, 0.15) is 0 Å². The molecule has 0 atom stereocenters. The van der Waals surface area contributed by atoms with Gasteiger partial charge in [-0.15, -0.1) is 11.8 Å². The summed E-state index contributed by atoms with van der Waals surface area (Å²) in [7, 11) is 0. The van der Waals surface area contributed by atoms with Gasteiger partial charge in [0.15, 0.2) is 0 Å². The lowest BCUT2D eigenvalue weighted by Crippen LogP contribution is -2.37. The van der Waals surface area contributed by atoms with Gasteiger partial charge in [-0.05, 0) is 18.1 Å². The molecule has 0 heterocycles. The number of thioether (sulfide) groups is 1. The third-order valence-electron chi connectivity index (χ3n) is 2.42. The van der Waals surface area contributed by atoms with Crippen molar-refractivity contribution in [2.24, 2.45) is 11.7 Å². The van der Waals surface area contributed by atoms with Gasteiger partial charge in [-0.2, -0.15) is 0 Å². The van der Waals surface area contributed by atoms with Crippen molar-refractivity contribution >= 4 is 17.7 Å². The van der Waals surface area contributed by atoms with Crippen LogP contribution in [0, 0.1) is 5.92 Å². The van der Waals surface area contributed by atoms with Gasteiger partial charge in [-0.3, -0.25) is 9.69 Å². The summed E-state index contributed by atoms with van der Waals surface area (Å²) in [6.45, 7) is 6.46. The third kappa shape index (κ3) is 6.67. The van der Waals surface area contributed by atoms with E-state index in [-0.39, 0.29) is 5.91 Å². The van der Waals surface area contributed by atoms with E-state index in [4.69, 9.17) is 5.73 Å². The first kappa shape index (κ1) is 15.1. The molecule has 0 spiro atoms. The van der Waals surface area contributed by atoms with Crippen molar-refractivity contribution in [2.45, 2.75) is 18.7 Å². The summed E-state index contributed by atoms with van der Waals surface area (Å²) in [6.07, 6.45) is 0. The van der Waals surface area contributed by atoms with Crippen LogP contribution in [0.25, 0.3) is 0 Å². The van der Waals surface area contributed by atoms with Gasteiger partial charge in [-0.1, -0.05) is 32.0 Å². The number of carbonyl (C=O) groups is 1. The van der Waals surface area contributed by atoms with Gasteiger partial charge in [0.2, 0.25) is 5.91 Å². The molecule has 0 fully saturated rings. The van der Waals surface area contributed by atoms with Crippen LogP contribution in [0.2, 0.25) is 0 Å². The summed E-state index contributed by atoms with van der Waals surface area (Å²) in [5, 5.41) is 0. The molecule has 100 valence electrons. The molecule has 0 unspecified atom stereocenters. The summed E-state index contributed by atoms with van der Waals surface area (Å²) in [4.78, 5) is 14.4. The second-order valence-corrected chi connectivity index (χ2v) is 5.93. The Labute approximate surface area is 114 Å². The molecule has 4 heteroatoms. The molecule has 3 nitrogen and oxygen atoms in total. The Bertz CT molecular complexity index is 354. The average Bonchev–Trinajstić information content (AvgIpc) is 2.28. The van der Waals surface area contributed by atoms with Crippen LogP contribution < -0.4 is 5.73 Å². The van der Waals surface area contributed by atoms with Crippen LogP contribution in [0.3, 0.4) is 0 Å². The Morgan fingerprint density at radius 2 is 2.00 bits per heavy atom. The average molecular weight is 266 g/mol. The fraction of sp³-hybridized carbons (Fsp3) is 0.500. The topological polar surface area (TPSA) is 46.3 Å². The van der Waals surface area contributed by atoms with Crippen LogP contribution in [-0.4, -0.2) is 36.2 Å². The number of carbonyl (C=O) groups excluding carboxylic acids is 1. The molecule has 1 rings (SSSR count). The molecule has 0 saturated heterocycles. The number of nitrogens with two attached hydrogens (primary N) is 1. The van der Waals surface area contributed by atoms with Crippen LogP contribution in [0.1, 0.15) is 13.8 Å². The minimum Gasteiger partial charge on any atom is -0.369 e. The summed E-state index contributed by atoms with van der Waals surface area (Å²) in [5.74, 6) is 1.27. The van der Waals surface area contributed by atoms with Crippen molar-refractivity contribution in [1.29, 1.82) is 0 Å². The monoisotopic (exact) mass is 266 g/mol. The van der Waals surface area contributed by atoms with Gasteiger partial charge in [0, 0.05) is 23.7 Å². The van der Waals surface area contributed by atoms with Crippen molar-refractivity contribution in [3.8, 4) is 0 Å². The largest absolute Gasteiger partial charge is 0.369 e. The van der Waals surface area contributed by atoms with Gasteiger partial charge in [-0.25, -0.2) is 0 Å². The van der Waals surface area contributed by atoms with Crippen molar-refractivity contribution in [3.05, 3.63) is 30.3 Å². The molecule has 1 amide bonds. The molecule has 0 aromatic heterocycles. The lowest BCUT2D eigenvalue weighted by atomic mass is 10.2. The minimum absolute atomic E-state index is 0.250. The van der Waals surface area contributed by atoms with Crippen molar-refractivity contribution < 1.29 is 4.79 Å². The van der Waals surface area contributed by atoms with Crippen LogP contribution in [-0.2, 0) is 4.79 Å². The van der Waals surface area contributed by atoms with Crippen LogP contribution in [0.5, 0.6) is 0 Å². The molecule has 18 heavy (non-hydrogen) atoms. The van der Waals surface area contributed by atoms with Gasteiger partial charge in [0.25, 0.3) is 0 Å². The fourth-order valence-corrected chi connectivity index (χ4v) is 2.72. The second-order valence-electron chi connectivity index (χ2n) is 4.76. The quantitative estimate of drug-likeness (QED) is 0.734. The maximum Gasteiger partial charge on any atom is 0.231 e. The van der Waals surface area contributed by atoms with E-state index >= 15 is 0 Å². The molecule has 0 bridgehead atoms. The number of primary amides is 1. The zero-order chi connectivity index (χ0) is 13.4. The molecular formula is C14H22N2OS. The first-order chi connectivity index (χ1) is 8.58. The summed E-state index contributed by atoms with van der Waals surface area (Å²) < 4.78 is 0.